The number of nitrogens with zero attached hydrogens (tertiary/aromatic N) is 1. The summed E-state index contributed by atoms with van der Waals surface area (Å²) in [6.07, 6.45) is 1.79. The van der Waals surface area contributed by atoms with Gasteiger partial charge in [0.1, 0.15) is 5.75 Å². The number of hydrogen-bond donors (Lipinski definition) is 1. The van der Waals surface area contributed by atoms with E-state index in [1.165, 1.54) is 23.9 Å². The largest absolute Gasteiger partial charge is 0.545 e. The zero-order valence-corrected chi connectivity index (χ0v) is 15.6. The van der Waals surface area contributed by atoms with Gasteiger partial charge in [-0.25, -0.2) is 4.99 Å². The van der Waals surface area contributed by atoms with E-state index in [1.807, 2.05) is 38.1 Å². The van der Waals surface area contributed by atoms with E-state index in [1.54, 1.807) is 18.2 Å². The number of carboxylic acid groups (broad SMARTS) is 1. The highest BCUT2D eigenvalue weighted by molar-refractivity contribution is 8.18. The maximum absolute atomic E-state index is 12.2. The van der Waals surface area contributed by atoms with Gasteiger partial charge in [-0.15, -0.1) is 0 Å². The second-order valence-corrected chi connectivity index (χ2v) is 7.05. The molecule has 2 aromatic rings. The van der Waals surface area contributed by atoms with E-state index in [0.717, 1.165) is 5.56 Å². The van der Waals surface area contributed by atoms with Gasteiger partial charge in [-0.1, -0.05) is 30.3 Å². The number of para-hydroxylation sites is 1. The molecule has 1 aliphatic rings. The number of ether oxygens (including phenoxy) is 1. The zero-order valence-electron chi connectivity index (χ0n) is 14.8. The maximum atomic E-state index is 12.2. The number of carboxylic acids is 1. The standard InChI is InChI=1S/C20H18N2O4S/c1-12(2)26-16-6-4-3-5-14(16)11-17-18(23)22-20(27-17)21-15-9-7-13(8-10-15)19(24)25/h3-12H,1-2H3,(H,24,25)(H,21,22,23)/p-1/b17-11-. The van der Waals surface area contributed by atoms with Gasteiger partial charge in [0.25, 0.3) is 5.91 Å². The normalized spacial score (nSPS) is 16.8. The number of amides is 1. The molecule has 6 nitrogen and oxygen atoms in total. The monoisotopic (exact) mass is 381 g/mol. The van der Waals surface area contributed by atoms with Gasteiger partial charge in [-0.2, -0.15) is 0 Å². The highest BCUT2D eigenvalue weighted by Crippen LogP contribution is 2.30. The second-order valence-electron chi connectivity index (χ2n) is 6.02. The molecule has 0 saturated carbocycles. The van der Waals surface area contributed by atoms with Crippen LogP contribution < -0.4 is 15.2 Å². The molecule has 0 radical (unpaired) electrons. The third-order valence-corrected chi connectivity index (χ3v) is 4.46. The predicted molar refractivity (Wildman–Crippen MR) is 104 cm³/mol. The molecular formula is C20H17N2O4S-. The Labute approximate surface area is 161 Å². The van der Waals surface area contributed by atoms with Crippen molar-refractivity contribution in [3.63, 3.8) is 0 Å². The molecule has 7 heteroatoms. The Morgan fingerprint density at radius 1 is 1.19 bits per heavy atom. The predicted octanol–water partition coefficient (Wildman–Crippen LogP) is 2.73. The first-order valence-electron chi connectivity index (χ1n) is 8.29. The minimum Gasteiger partial charge on any atom is -0.545 e. The summed E-state index contributed by atoms with van der Waals surface area (Å²) in [5.41, 5.74) is 1.42. The number of aliphatic imine (C=N–C) groups is 1. The van der Waals surface area contributed by atoms with Crippen molar-refractivity contribution in [1.82, 2.24) is 5.32 Å². The van der Waals surface area contributed by atoms with Crippen LogP contribution in [0.2, 0.25) is 0 Å². The third kappa shape index (κ3) is 4.77. The summed E-state index contributed by atoms with van der Waals surface area (Å²) in [6, 6.07) is 13.4. The Kier molecular flexibility index (Phi) is 5.61. The average Bonchev–Trinajstić information content (AvgIpc) is 2.96. The molecule has 0 unspecified atom stereocenters. The van der Waals surface area contributed by atoms with E-state index in [-0.39, 0.29) is 17.6 Å². The number of carbonyl (C=O) groups is 2. The van der Waals surface area contributed by atoms with Crippen LogP contribution in [-0.4, -0.2) is 23.1 Å². The number of carbonyl (C=O) groups excluding carboxylic acids is 2. The summed E-state index contributed by atoms with van der Waals surface area (Å²) in [7, 11) is 0. The molecule has 0 spiro atoms. The molecular weight excluding hydrogens is 364 g/mol. The van der Waals surface area contributed by atoms with Crippen molar-refractivity contribution in [3.8, 4) is 5.75 Å². The Morgan fingerprint density at radius 2 is 1.89 bits per heavy atom. The minimum absolute atomic E-state index is 0.0238. The lowest BCUT2D eigenvalue weighted by Crippen LogP contribution is -2.21. The molecule has 3 rings (SSSR count). The fourth-order valence-electron chi connectivity index (χ4n) is 2.37. The Bertz CT molecular complexity index is 933. The van der Waals surface area contributed by atoms with Crippen molar-refractivity contribution in [2.45, 2.75) is 20.0 Å². The summed E-state index contributed by atoms with van der Waals surface area (Å²) in [6.45, 7) is 3.88. The second kappa shape index (κ2) is 8.09. The summed E-state index contributed by atoms with van der Waals surface area (Å²) in [5, 5.41) is 13.9. The molecule has 1 fully saturated rings. The van der Waals surface area contributed by atoms with E-state index < -0.39 is 5.97 Å². The number of aromatic carboxylic acids is 1. The molecule has 0 bridgehead atoms. The summed E-state index contributed by atoms with van der Waals surface area (Å²) in [4.78, 5) is 27.9. The topological polar surface area (TPSA) is 90.8 Å². The van der Waals surface area contributed by atoms with Gasteiger partial charge in [0.05, 0.1) is 22.7 Å². The van der Waals surface area contributed by atoms with Crippen molar-refractivity contribution < 1.29 is 19.4 Å². The van der Waals surface area contributed by atoms with Gasteiger partial charge < -0.3 is 20.0 Å². The van der Waals surface area contributed by atoms with E-state index in [9.17, 15) is 14.7 Å². The quantitative estimate of drug-likeness (QED) is 0.804. The molecule has 0 aromatic heterocycles. The van der Waals surface area contributed by atoms with E-state index in [4.69, 9.17) is 4.74 Å². The Balaban J connectivity index is 1.81. The molecule has 1 amide bonds. The molecule has 138 valence electrons. The molecule has 0 aliphatic carbocycles. The van der Waals surface area contributed by atoms with Gasteiger partial charge in [0.2, 0.25) is 0 Å². The molecule has 1 aliphatic heterocycles. The van der Waals surface area contributed by atoms with Crippen LogP contribution >= 0.6 is 11.8 Å². The maximum Gasteiger partial charge on any atom is 0.264 e. The van der Waals surface area contributed by atoms with Gasteiger partial charge >= 0.3 is 0 Å². The smallest absolute Gasteiger partial charge is 0.264 e. The lowest BCUT2D eigenvalue weighted by Gasteiger charge is -2.12. The van der Waals surface area contributed by atoms with Gasteiger partial charge in [-0.05, 0) is 55.4 Å². The third-order valence-electron chi connectivity index (χ3n) is 3.55. The number of amidine groups is 1. The van der Waals surface area contributed by atoms with Gasteiger partial charge in [0, 0.05) is 5.56 Å². The fraction of sp³-hybridized carbons (Fsp3) is 0.150. The van der Waals surface area contributed by atoms with Crippen molar-refractivity contribution >= 4 is 40.6 Å². The molecule has 1 heterocycles. The number of benzene rings is 2. The van der Waals surface area contributed by atoms with Crippen LogP contribution in [0.1, 0.15) is 29.8 Å². The van der Waals surface area contributed by atoms with Crippen molar-refractivity contribution in [2.24, 2.45) is 4.99 Å². The Hall–Kier alpha value is -3.06. The fourth-order valence-corrected chi connectivity index (χ4v) is 3.20. The van der Waals surface area contributed by atoms with Crippen molar-refractivity contribution in [2.75, 3.05) is 0 Å². The number of thioether (sulfide) groups is 1. The minimum atomic E-state index is -1.25. The summed E-state index contributed by atoms with van der Waals surface area (Å²) < 4.78 is 5.78. The number of nitrogens with one attached hydrogen (secondary N) is 1. The first kappa shape index (κ1) is 18.7. The molecule has 0 atom stereocenters. The SMILES string of the molecule is CC(C)Oc1ccccc1/C=C1\SC(=Nc2ccc(C(=O)[O-])cc2)NC1=O. The van der Waals surface area contributed by atoms with Crippen LogP contribution in [0.3, 0.4) is 0 Å². The first-order valence-corrected chi connectivity index (χ1v) is 9.10. The van der Waals surface area contributed by atoms with Crippen LogP contribution in [0.4, 0.5) is 5.69 Å². The van der Waals surface area contributed by atoms with E-state index in [0.29, 0.717) is 21.5 Å². The van der Waals surface area contributed by atoms with E-state index in [2.05, 4.69) is 10.3 Å². The van der Waals surface area contributed by atoms with E-state index >= 15 is 0 Å². The number of hydrogen-bond acceptors (Lipinski definition) is 6. The zero-order chi connectivity index (χ0) is 19.4. The molecule has 1 N–H and O–H groups in total. The number of rotatable bonds is 5. The molecule has 1 saturated heterocycles. The van der Waals surface area contributed by atoms with Crippen molar-refractivity contribution in [3.05, 3.63) is 64.6 Å². The Morgan fingerprint density at radius 3 is 2.56 bits per heavy atom. The van der Waals surface area contributed by atoms with Crippen LogP contribution in [0, 0.1) is 0 Å². The highest BCUT2D eigenvalue weighted by Gasteiger charge is 2.24. The molecule has 2 aromatic carbocycles. The van der Waals surface area contributed by atoms with Crippen LogP contribution in [0.15, 0.2) is 58.4 Å². The average molecular weight is 381 g/mol. The van der Waals surface area contributed by atoms with Gasteiger partial charge in [0.15, 0.2) is 5.17 Å². The highest BCUT2D eigenvalue weighted by atomic mass is 32.2. The molecule has 27 heavy (non-hydrogen) atoms. The lowest BCUT2D eigenvalue weighted by molar-refractivity contribution is -0.255. The van der Waals surface area contributed by atoms with Crippen LogP contribution in [0.5, 0.6) is 5.75 Å². The summed E-state index contributed by atoms with van der Waals surface area (Å²) >= 11 is 1.21. The van der Waals surface area contributed by atoms with Crippen LogP contribution in [-0.2, 0) is 4.79 Å². The van der Waals surface area contributed by atoms with Crippen LogP contribution in [0.25, 0.3) is 6.08 Å². The van der Waals surface area contributed by atoms with Crippen molar-refractivity contribution in [1.29, 1.82) is 0 Å². The summed E-state index contributed by atoms with van der Waals surface area (Å²) in [5.74, 6) is -0.786. The first-order chi connectivity index (χ1) is 12.9. The van der Waals surface area contributed by atoms with Gasteiger partial charge in [-0.3, -0.25) is 4.79 Å². The lowest BCUT2D eigenvalue weighted by atomic mass is 10.2.